The molecule has 220 valence electrons. The number of carbonyl (C=O) groups is 1. The molecule has 2 heterocycles. The van der Waals surface area contributed by atoms with Gasteiger partial charge in [-0.25, -0.2) is 18.2 Å². The monoisotopic (exact) mass is 577 g/mol. The lowest BCUT2D eigenvalue weighted by Crippen LogP contribution is -2.54. The second-order valence-corrected chi connectivity index (χ2v) is 12.2. The predicted octanol–water partition coefficient (Wildman–Crippen LogP) is 2.31. The van der Waals surface area contributed by atoms with E-state index in [1.165, 1.54) is 24.3 Å². The molecule has 2 fully saturated rings. The second kappa shape index (κ2) is 13.7. The highest BCUT2D eigenvalue weighted by atomic mass is 32.2. The summed E-state index contributed by atoms with van der Waals surface area (Å²) in [7, 11) is -2.43. The van der Waals surface area contributed by atoms with Gasteiger partial charge in [0.2, 0.25) is 0 Å². The lowest BCUT2D eigenvalue weighted by atomic mass is 10.0. The van der Waals surface area contributed by atoms with E-state index in [1.54, 1.807) is 12.1 Å². The van der Waals surface area contributed by atoms with Gasteiger partial charge in [0, 0.05) is 13.1 Å². The number of aliphatic hydroxyl groups is 1. The van der Waals surface area contributed by atoms with Crippen molar-refractivity contribution in [2.45, 2.75) is 56.1 Å². The van der Waals surface area contributed by atoms with E-state index in [0.29, 0.717) is 25.3 Å². The summed E-state index contributed by atoms with van der Waals surface area (Å²) >= 11 is 0. The third-order valence-electron chi connectivity index (χ3n) is 6.92. The van der Waals surface area contributed by atoms with Gasteiger partial charge in [-0.15, -0.1) is 4.83 Å². The van der Waals surface area contributed by atoms with Gasteiger partial charge >= 0.3 is 6.09 Å². The highest BCUT2D eigenvalue weighted by molar-refractivity contribution is 7.89. The molecule has 2 aromatic carbocycles. The molecule has 1 amide bonds. The predicted molar refractivity (Wildman–Crippen MR) is 147 cm³/mol. The zero-order chi connectivity index (χ0) is 28.7. The molecule has 2 aliphatic rings. The van der Waals surface area contributed by atoms with Crippen LogP contribution in [0, 0.1) is 11.8 Å². The van der Waals surface area contributed by atoms with Crippen LogP contribution in [0.4, 0.5) is 4.79 Å². The number of ether oxygens (including phenoxy) is 4. The molecule has 0 aromatic heterocycles. The number of hydrogen-bond donors (Lipinski definition) is 3. The van der Waals surface area contributed by atoms with Gasteiger partial charge in [0.15, 0.2) is 6.29 Å². The van der Waals surface area contributed by atoms with Gasteiger partial charge in [0.05, 0.1) is 43.3 Å². The molecule has 2 aliphatic heterocycles. The van der Waals surface area contributed by atoms with E-state index in [0.717, 1.165) is 12.0 Å². The van der Waals surface area contributed by atoms with Crippen LogP contribution in [0.3, 0.4) is 0 Å². The standard InChI is InChI=1S/C28H39N3O8S/c1-19(2)16-31(30-40(34,35)22-11-9-21(36-3)10-12-22)17-25(32)24(15-20-7-5-4-6-8-20)29-28(33)39-26-18-38-27-23(26)13-14-37-27/h4-12,19,23-27,30,32H,13-18H2,1-3H3,(H,29,33)/t23-,24-,25+,26-,27+/m0/s1. The first-order chi connectivity index (χ1) is 19.1. The number of fused-ring (bicyclic) bond motifs is 1. The first kappa shape index (κ1) is 30.2. The van der Waals surface area contributed by atoms with Gasteiger partial charge in [-0.05, 0) is 48.6 Å². The number of aliphatic hydroxyl groups excluding tert-OH is 1. The first-order valence-electron chi connectivity index (χ1n) is 13.5. The summed E-state index contributed by atoms with van der Waals surface area (Å²) in [6.45, 7) is 4.96. The van der Waals surface area contributed by atoms with Gasteiger partial charge in [-0.3, -0.25) is 0 Å². The molecule has 2 aromatic rings. The smallest absolute Gasteiger partial charge is 0.407 e. The van der Waals surface area contributed by atoms with Crippen LogP contribution in [0.5, 0.6) is 5.75 Å². The topological polar surface area (TPSA) is 136 Å². The van der Waals surface area contributed by atoms with Crippen LogP contribution in [-0.2, 0) is 30.7 Å². The molecule has 2 saturated heterocycles. The Kier molecular flexibility index (Phi) is 10.4. The summed E-state index contributed by atoms with van der Waals surface area (Å²) in [5.41, 5.74) is 0.898. The molecular formula is C28H39N3O8S. The van der Waals surface area contributed by atoms with E-state index in [-0.39, 0.29) is 36.2 Å². The maximum atomic E-state index is 13.1. The normalized spacial score (nSPS) is 22.2. The lowest BCUT2D eigenvalue weighted by Gasteiger charge is -2.31. The van der Waals surface area contributed by atoms with E-state index in [4.69, 9.17) is 18.9 Å². The van der Waals surface area contributed by atoms with E-state index in [2.05, 4.69) is 10.1 Å². The molecule has 40 heavy (non-hydrogen) atoms. The van der Waals surface area contributed by atoms with E-state index in [1.807, 2.05) is 44.2 Å². The number of alkyl carbamates (subject to hydrolysis) is 1. The van der Waals surface area contributed by atoms with Crippen molar-refractivity contribution in [1.29, 1.82) is 0 Å². The fourth-order valence-electron chi connectivity index (χ4n) is 4.94. The van der Waals surface area contributed by atoms with Crippen LogP contribution in [0.1, 0.15) is 25.8 Å². The largest absolute Gasteiger partial charge is 0.497 e. The van der Waals surface area contributed by atoms with Gasteiger partial charge < -0.3 is 29.4 Å². The summed E-state index contributed by atoms with van der Waals surface area (Å²) in [6.07, 6.45) is -1.53. The fraction of sp³-hybridized carbons (Fsp3) is 0.536. The average Bonchev–Trinajstić information content (AvgIpc) is 3.53. The summed E-state index contributed by atoms with van der Waals surface area (Å²) in [5, 5.41) is 15.6. The van der Waals surface area contributed by atoms with Crippen molar-refractivity contribution in [3.05, 3.63) is 60.2 Å². The van der Waals surface area contributed by atoms with Gasteiger partial charge in [-0.1, -0.05) is 44.2 Å². The van der Waals surface area contributed by atoms with Crippen molar-refractivity contribution in [2.75, 3.05) is 33.4 Å². The summed E-state index contributed by atoms with van der Waals surface area (Å²) < 4.78 is 48.1. The number of nitrogens with zero attached hydrogens (tertiary/aromatic N) is 1. The first-order valence-corrected chi connectivity index (χ1v) is 15.0. The van der Waals surface area contributed by atoms with Crippen LogP contribution in [0.15, 0.2) is 59.5 Å². The average molecular weight is 578 g/mol. The molecule has 11 nitrogen and oxygen atoms in total. The Morgan fingerprint density at radius 3 is 2.50 bits per heavy atom. The van der Waals surface area contributed by atoms with Crippen molar-refractivity contribution < 1.29 is 37.3 Å². The van der Waals surface area contributed by atoms with Crippen molar-refractivity contribution in [3.8, 4) is 5.75 Å². The van der Waals surface area contributed by atoms with E-state index < -0.39 is 34.4 Å². The zero-order valence-electron chi connectivity index (χ0n) is 23.1. The van der Waals surface area contributed by atoms with Crippen LogP contribution < -0.4 is 14.9 Å². The van der Waals surface area contributed by atoms with Gasteiger partial charge in [-0.2, -0.15) is 0 Å². The van der Waals surface area contributed by atoms with Crippen molar-refractivity contribution in [1.82, 2.24) is 15.2 Å². The summed E-state index contributed by atoms with van der Waals surface area (Å²) in [5.74, 6) is 0.604. The molecule has 0 radical (unpaired) electrons. The fourth-order valence-corrected chi connectivity index (χ4v) is 6.03. The number of sulfonamides is 1. The summed E-state index contributed by atoms with van der Waals surface area (Å²) in [4.78, 5) is 15.6. The molecule has 3 N–H and O–H groups in total. The van der Waals surface area contributed by atoms with E-state index in [9.17, 15) is 18.3 Å². The highest BCUT2D eigenvalue weighted by Gasteiger charge is 2.44. The van der Waals surface area contributed by atoms with Crippen LogP contribution in [-0.4, -0.2) is 82.6 Å². The number of hydrogen-bond acceptors (Lipinski definition) is 9. The van der Waals surface area contributed by atoms with Crippen molar-refractivity contribution in [2.24, 2.45) is 11.8 Å². The van der Waals surface area contributed by atoms with Gasteiger partial charge in [0.1, 0.15) is 11.9 Å². The third kappa shape index (κ3) is 8.15. The number of benzene rings is 2. The second-order valence-electron chi connectivity index (χ2n) is 10.5. The number of carbonyl (C=O) groups excluding carboxylic acids is 1. The Morgan fingerprint density at radius 2 is 1.82 bits per heavy atom. The molecule has 5 atom stereocenters. The number of methoxy groups -OCH3 is 1. The minimum atomic E-state index is -3.94. The van der Waals surface area contributed by atoms with Crippen molar-refractivity contribution in [3.63, 3.8) is 0 Å². The SMILES string of the molecule is COc1ccc(S(=O)(=O)NN(CC(C)C)C[C@@H](O)[C@H](Cc2ccccc2)NC(=O)O[C@H]2CO[C@H]3OCC[C@H]32)cc1. The number of hydrazine groups is 1. The van der Waals surface area contributed by atoms with Gasteiger partial charge in [0.25, 0.3) is 10.0 Å². The molecule has 0 saturated carbocycles. The van der Waals surface area contributed by atoms with E-state index >= 15 is 0 Å². The maximum absolute atomic E-state index is 13.1. The molecular weight excluding hydrogens is 538 g/mol. The van der Waals surface area contributed by atoms with Crippen LogP contribution in [0.2, 0.25) is 0 Å². The molecule has 0 unspecified atom stereocenters. The maximum Gasteiger partial charge on any atom is 0.407 e. The Bertz CT molecular complexity index is 1200. The number of amides is 1. The van der Waals surface area contributed by atoms with Crippen LogP contribution in [0.25, 0.3) is 0 Å². The Morgan fingerprint density at radius 1 is 1.10 bits per heavy atom. The number of nitrogens with one attached hydrogen (secondary N) is 2. The minimum absolute atomic E-state index is 0.0165. The Hall–Kier alpha value is -2.74. The Balaban J connectivity index is 1.46. The highest BCUT2D eigenvalue weighted by Crippen LogP contribution is 2.33. The molecule has 0 spiro atoms. The Labute approximate surface area is 235 Å². The minimum Gasteiger partial charge on any atom is -0.497 e. The molecule has 0 aliphatic carbocycles. The van der Waals surface area contributed by atoms with Crippen molar-refractivity contribution >= 4 is 16.1 Å². The molecule has 12 heteroatoms. The molecule has 4 rings (SSSR count). The third-order valence-corrected chi connectivity index (χ3v) is 8.31. The quantitative estimate of drug-likeness (QED) is 0.307. The number of rotatable bonds is 13. The zero-order valence-corrected chi connectivity index (χ0v) is 23.9. The lowest BCUT2D eigenvalue weighted by molar-refractivity contribution is -0.0907. The summed E-state index contributed by atoms with van der Waals surface area (Å²) in [6, 6.07) is 14.7. The van der Waals surface area contributed by atoms with Crippen LogP contribution >= 0.6 is 0 Å². The molecule has 0 bridgehead atoms.